The van der Waals surface area contributed by atoms with Crippen molar-refractivity contribution in [2.45, 2.75) is 26.3 Å². The van der Waals surface area contributed by atoms with Gasteiger partial charge in [0.2, 0.25) is 5.91 Å². The Balaban J connectivity index is 2.19. The van der Waals surface area contributed by atoms with E-state index in [2.05, 4.69) is 21.2 Å². The van der Waals surface area contributed by atoms with E-state index in [9.17, 15) is 4.79 Å². The molecule has 0 bridgehead atoms. The second kappa shape index (κ2) is 7.15. The fourth-order valence-corrected chi connectivity index (χ4v) is 2.48. The molecule has 2 aromatic rings. The second-order valence-corrected chi connectivity index (χ2v) is 6.49. The fourth-order valence-electron chi connectivity index (χ4n) is 2.21. The number of ether oxygens (including phenoxy) is 1. The summed E-state index contributed by atoms with van der Waals surface area (Å²) in [6.45, 7) is 6.17. The van der Waals surface area contributed by atoms with E-state index in [0.29, 0.717) is 6.61 Å². The van der Waals surface area contributed by atoms with Gasteiger partial charge in [0, 0.05) is 10.2 Å². The van der Waals surface area contributed by atoms with Gasteiger partial charge >= 0.3 is 0 Å². The van der Waals surface area contributed by atoms with E-state index in [0.717, 1.165) is 27.0 Å². The lowest BCUT2D eigenvalue weighted by atomic mass is 9.92. The maximum Gasteiger partial charge on any atom is 0.248 e. The smallest absolute Gasteiger partial charge is 0.248 e. The first-order valence-corrected chi connectivity index (χ1v) is 8.23. The normalized spacial score (nSPS) is 13.3. The summed E-state index contributed by atoms with van der Waals surface area (Å²) in [5, 5.41) is 2.90. The third kappa shape index (κ3) is 4.12. The molecule has 2 aromatic carbocycles. The van der Waals surface area contributed by atoms with Crippen molar-refractivity contribution in [1.82, 2.24) is 0 Å². The molecule has 0 heterocycles. The largest absolute Gasteiger partial charge is 0.494 e. The van der Waals surface area contributed by atoms with E-state index >= 15 is 0 Å². The predicted octanol–water partition coefficient (Wildman–Crippen LogP) is 3.97. The van der Waals surface area contributed by atoms with Crippen LogP contribution in [0.1, 0.15) is 25.0 Å². The Labute approximate surface area is 145 Å². The van der Waals surface area contributed by atoms with Crippen molar-refractivity contribution < 1.29 is 9.53 Å². The van der Waals surface area contributed by atoms with Crippen LogP contribution >= 0.6 is 15.9 Å². The third-order valence-corrected chi connectivity index (χ3v) is 4.20. The van der Waals surface area contributed by atoms with Crippen LogP contribution in [-0.4, -0.2) is 12.5 Å². The molecule has 0 spiro atoms. The van der Waals surface area contributed by atoms with Crippen molar-refractivity contribution in [3.63, 3.8) is 0 Å². The zero-order chi connectivity index (χ0) is 17.0. The average Bonchev–Trinajstić information content (AvgIpc) is 2.50. The van der Waals surface area contributed by atoms with Gasteiger partial charge in [-0.25, -0.2) is 0 Å². The number of aryl methyl sites for hydroxylation is 1. The number of carbonyl (C=O) groups is 1. The lowest BCUT2D eigenvalue weighted by molar-refractivity contribution is -0.120. The standard InChI is InChI=1S/C18H21BrN2O2/c1-4-23-15-9-10-16(12(2)11-15)21-17(22)18(3,20)13-5-7-14(19)8-6-13/h5-11H,4,20H2,1-3H3,(H,21,22). The SMILES string of the molecule is CCOc1ccc(NC(=O)C(C)(N)c2ccc(Br)cc2)c(C)c1. The first-order chi connectivity index (χ1) is 10.8. The maximum atomic E-state index is 12.6. The van der Waals surface area contributed by atoms with Crippen LogP contribution in [0.25, 0.3) is 0 Å². The molecule has 1 amide bonds. The van der Waals surface area contributed by atoms with Gasteiger partial charge in [-0.15, -0.1) is 0 Å². The van der Waals surface area contributed by atoms with E-state index in [-0.39, 0.29) is 5.91 Å². The minimum Gasteiger partial charge on any atom is -0.494 e. The number of anilines is 1. The molecular formula is C18H21BrN2O2. The second-order valence-electron chi connectivity index (χ2n) is 5.57. The Morgan fingerprint density at radius 2 is 1.91 bits per heavy atom. The quantitative estimate of drug-likeness (QED) is 0.829. The highest BCUT2D eigenvalue weighted by Crippen LogP contribution is 2.25. The van der Waals surface area contributed by atoms with Crippen LogP contribution in [-0.2, 0) is 10.3 Å². The zero-order valence-corrected chi connectivity index (χ0v) is 15.1. The summed E-state index contributed by atoms with van der Waals surface area (Å²) in [5.41, 5.74) is 7.54. The molecule has 0 saturated heterocycles. The van der Waals surface area contributed by atoms with E-state index < -0.39 is 5.54 Å². The van der Waals surface area contributed by atoms with Crippen LogP contribution in [0.4, 0.5) is 5.69 Å². The molecule has 3 N–H and O–H groups in total. The summed E-state index contributed by atoms with van der Waals surface area (Å²) in [7, 11) is 0. The van der Waals surface area contributed by atoms with Crippen LogP contribution in [0.2, 0.25) is 0 Å². The van der Waals surface area contributed by atoms with Crippen molar-refractivity contribution in [2.75, 3.05) is 11.9 Å². The van der Waals surface area contributed by atoms with Gasteiger partial charge < -0.3 is 15.8 Å². The first kappa shape index (κ1) is 17.5. The number of amides is 1. The molecule has 2 rings (SSSR count). The number of halogens is 1. The molecule has 0 radical (unpaired) electrons. The Kier molecular flexibility index (Phi) is 5.44. The zero-order valence-electron chi connectivity index (χ0n) is 13.5. The van der Waals surface area contributed by atoms with Crippen molar-refractivity contribution >= 4 is 27.5 Å². The first-order valence-electron chi connectivity index (χ1n) is 7.44. The molecule has 1 unspecified atom stereocenters. The van der Waals surface area contributed by atoms with Crippen molar-refractivity contribution in [2.24, 2.45) is 5.73 Å². The summed E-state index contributed by atoms with van der Waals surface area (Å²) in [5.74, 6) is 0.526. The summed E-state index contributed by atoms with van der Waals surface area (Å²) in [6.07, 6.45) is 0. The lowest BCUT2D eigenvalue weighted by Gasteiger charge is -2.24. The highest BCUT2D eigenvalue weighted by atomic mass is 79.9. The van der Waals surface area contributed by atoms with Crippen LogP contribution < -0.4 is 15.8 Å². The number of rotatable bonds is 5. The van der Waals surface area contributed by atoms with E-state index in [1.54, 1.807) is 6.92 Å². The highest BCUT2D eigenvalue weighted by Gasteiger charge is 2.30. The van der Waals surface area contributed by atoms with Gasteiger partial charge in [0.1, 0.15) is 11.3 Å². The Morgan fingerprint density at radius 1 is 1.26 bits per heavy atom. The van der Waals surface area contributed by atoms with Crippen LogP contribution in [0, 0.1) is 6.92 Å². The molecule has 5 heteroatoms. The molecular weight excluding hydrogens is 356 g/mol. The monoisotopic (exact) mass is 376 g/mol. The maximum absolute atomic E-state index is 12.6. The minimum absolute atomic E-state index is 0.257. The van der Waals surface area contributed by atoms with Gasteiger partial charge in [-0.1, -0.05) is 28.1 Å². The molecule has 4 nitrogen and oxygen atoms in total. The molecule has 23 heavy (non-hydrogen) atoms. The Hall–Kier alpha value is -1.85. The Bertz CT molecular complexity index is 697. The van der Waals surface area contributed by atoms with Gasteiger partial charge in [-0.05, 0) is 62.2 Å². The van der Waals surface area contributed by atoms with Crippen molar-refractivity contribution in [1.29, 1.82) is 0 Å². The molecule has 0 aliphatic heterocycles. The summed E-state index contributed by atoms with van der Waals surface area (Å²) < 4.78 is 6.40. The Morgan fingerprint density at radius 3 is 2.48 bits per heavy atom. The molecule has 122 valence electrons. The van der Waals surface area contributed by atoms with Crippen LogP contribution in [0.5, 0.6) is 5.75 Å². The summed E-state index contributed by atoms with van der Waals surface area (Å²) in [6, 6.07) is 13.0. The van der Waals surface area contributed by atoms with Gasteiger partial charge in [0.05, 0.1) is 6.61 Å². The summed E-state index contributed by atoms with van der Waals surface area (Å²) >= 11 is 3.38. The topological polar surface area (TPSA) is 64.3 Å². The molecule has 0 aromatic heterocycles. The van der Waals surface area contributed by atoms with Crippen LogP contribution in [0.15, 0.2) is 46.9 Å². The van der Waals surface area contributed by atoms with Crippen molar-refractivity contribution in [3.8, 4) is 5.75 Å². The molecule has 1 atom stereocenters. The molecule has 0 aliphatic rings. The van der Waals surface area contributed by atoms with Gasteiger partial charge in [-0.2, -0.15) is 0 Å². The fraction of sp³-hybridized carbons (Fsp3) is 0.278. The van der Waals surface area contributed by atoms with Gasteiger partial charge in [0.25, 0.3) is 0 Å². The number of hydrogen-bond acceptors (Lipinski definition) is 3. The van der Waals surface area contributed by atoms with E-state index in [1.165, 1.54) is 0 Å². The van der Waals surface area contributed by atoms with Crippen molar-refractivity contribution in [3.05, 3.63) is 58.1 Å². The molecule has 0 aliphatic carbocycles. The number of carbonyl (C=O) groups excluding carboxylic acids is 1. The lowest BCUT2D eigenvalue weighted by Crippen LogP contribution is -2.45. The number of nitrogens with two attached hydrogens (primary N) is 1. The number of nitrogens with one attached hydrogen (secondary N) is 1. The predicted molar refractivity (Wildman–Crippen MR) is 96.7 cm³/mol. The highest BCUT2D eigenvalue weighted by molar-refractivity contribution is 9.10. The third-order valence-electron chi connectivity index (χ3n) is 3.67. The minimum atomic E-state index is -1.12. The number of benzene rings is 2. The van der Waals surface area contributed by atoms with E-state index in [1.807, 2.05) is 56.3 Å². The van der Waals surface area contributed by atoms with Gasteiger partial charge in [0.15, 0.2) is 0 Å². The van der Waals surface area contributed by atoms with Gasteiger partial charge in [-0.3, -0.25) is 4.79 Å². The van der Waals surface area contributed by atoms with E-state index in [4.69, 9.17) is 10.5 Å². The summed E-state index contributed by atoms with van der Waals surface area (Å²) in [4.78, 5) is 12.6. The average molecular weight is 377 g/mol. The molecule has 0 fully saturated rings. The number of hydrogen-bond donors (Lipinski definition) is 2. The van der Waals surface area contributed by atoms with Crippen LogP contribution in [0.3, 0.4) is 0 Å². The molecule has 0 saturated carbocycles.